The molecule has 2 amide bonds. The molecule has 3 aromatic rings. The molecule has 2 atom stereocenters. The summed E-state index contributed by atoms with van der Waals surface area (Å²) in [5.74, 6) is -0.807. The molecule has 1 aliphatic carbocycles. The van der Waals surface area contributed by atoms with Gasteiger partial charge < -0.3 is 26.0 Å². The minimum atomic E-state index is -0.558. The molecule has 11 nitrogen and oxygen atoms in total. The van der Waals surface area contributed by atoms with Gasteiger partial charge in [0.2, 0.25) is 0 Å². The lowest BCUT2D eigenvalue weighted by molar-refractivity contribution is -0.0746. The van der Waals surface area contributed by atoms with E-state index >= 15 is 0 Å². The SMILES string of the molecule is Nc1nn2cc(F)cnc2c1C(=O)NC1C(c2ccc(C(=O)N3CCN(C4COC4)CC3)cc2)CCNC12CCCCCCCCCC2. The van der Waals surface area contributed by atoms with Crippen LogP contribution in [0.1, 0.15) is 103 Å². The second kappa shape index (κ2) is 14.5. The molecule has 2 unspecified atom stereocenters. The lowest BCUT2D eigenvalue weighted by Gasteiger charge is -2.50. The molecule has 4 N–H and O–H groups in total. The first-order chi connectivity index (χ1) is 23.4. The van der Waals surface area contributed by atoms with Crippen molar-refractivity contribution in [1.82, 2.24) is 35.0 Å². The van der Waals surface area contributed by atoms with Crippen LogP contribution in [0.3, 0.4) is 0 Å². The minimum Gasteiger partial charge on any atom is -0.381 e. The van der Waals surface area contributed by atoms with E-state index in [0.29, 0.717) is 11.6 Å². The molecule has 1 aromatic carbocycles. The van der Waals surface area contributed by atoms with E-state index in [2.05, 4.69) is 37.7 Å². The van der Waals surface area contributed by atoms with Gasteiger partial charge in [-0.1, -0.05) is 63.5 Å². The Bertz CT molecular complexity index is 1570. The smallest absolute Gasteiger partial charge is 0.259 e. The van der Waals surface area contributed by atoms with Gasteiger partial charge in [0.15, 0.2) is 17.3 Å². The van der Waals surface area contributed by atoms with E-state index in [1.807, 2.05) is 17.0 Å². The number of benzene rings is 1. The molecule has 5 heterocycles. The first kappa shape index (κ1) is 32.9. The summed E-state index contributed by atoms with van der Waals surface area (Å²) in [6, 6.07) is 8.32. The Balaban J connectivity index is 1.15. The van der Waals surface area contributed by atoms with Crippen molar-refractivity contribution in [2.24, 2.45) is 0 Å². The quantitative estimate of drug-likeness (QED) is 0.373. The first-order valence-corrected chi connectivity index (χ1v) is 18.0. The number of nitrogens with one attached hydrogen (secondary N) is 2. The number of ether oxygens (including phenoxy) is 1. The molecular weight excluding hydrogens is 611 g/mol. The highest BCUT2D eigenvalue weighted by Crippen LogP contribution is 2.40. The number of nitrogens with zero attached hydrogens (tertiary/aromatic N) is 5. The topological polar surface area (TPSA) is 130 Å². The van der Waals surface area contributed by atoms with E-state index < -0.39 is 5.82 Å². The van der Waals surface area contributed by atoms with Crippen LogP contribution in [0, 0.1) is 5.82 Å². The zero-order chi connectivity index (χ0) is 33.1. The number of hydrogen-bond acceptors (Lipinski definition) is 8. The number of carbonyl (C=O) groups excluding carboxylic acids is 2. The van der Waals surface area contributed by atoms with Gasteiger partial charge in [-0.25, -0.2) is 13.9 Å². The lowest BCUT2D eigenvalue weighted by atomic mass is 9.69. The molecule has 4 aliphatic rings. The summed E-state index contributed by atoms with van der Waals surface area (Å²) in [5, 5.41) is 11.5. The third kappa shape index (κ3) is 6.79. The summed E-state index contributed by atoms with van der Waals surface area (Å²) in [4.78, 5) is 36.2. The van der Waals surface area contributed by atoms with Crippen molar-refractivity contribution in [2.75, 3.05) is 51.7 Å². The molecule has 0 radical (unpaired) electrons. The van der Waals surface area contributed by atoms with Crippen LogP contribution in [0.15, 0.2) is 36.7 Å². The maximum Gasteiger partial charge on any atom is 0.259 e. The molecular formula is C36H49FN8O3. The normalized spacial score (nSPS) is 24.6. The Morgan fingerprint density at radius 1 is 0.958 bits per heavy atom. The van der Waals surface area contributed by atoms with Crippen LogP contribution in [0.4, 0.5) is 10.2 Å². The first-order valence-electron chi connectivity index (χ1n) is 18.0. The number of carbonyl (C=O) groups is 2. The summed E-state index contributed by atoms with van der Waals surface area (Å²) < 4.78 is 20.5. The molecule has 3 saturated heterocycles. The largest absolute Gasteiger partial charge is 0.381 e. The second-order valence-corrected chi connectivity index (χ2v) is 14.2. The van der Waals surface area contributed by atoms with Crippen molar-refractivity contribution in [1.29, 1.82) is 0 Å². The van der Waals surface area contributed by atoms with Crippen molar-refractivity contribution in [3.05, 3.63) is 59.2 Å². The number of piperazine rings is 1. The average molecular weight is 661 g/mol. The molecule has 2 aromatic heterocycles. The molecule has 12 heteroatoms. The predicted molar refractivity (Wildman–Crippen MR) is 181 cm³/mol. The molecule has 4 fully saturated rings. The summed E-state index contributed by atoms with van der Waals surface area (Å²) >= 11 is 0. The third-order valence-corrected chi connectivity index (χ3v) is 11.2. The van der Waals surface area contributed by atoms with E-state index in [1.54, 1.807) is 0 Å². The fourth-order valence-electron chi connectivity index (χ4n) is 8.43. The van der Waals surface area contributed by atoms with Gasteiger partial charge in [-0.2, -0.15) is 0 Å². The van der Waals surface area contributed by atoms with Gasteiger partial charge in [-0.15, -0.1) is 5.10 Å². The monoisotopic (exact) mass is 660 g/mol. The van der Waals surface area contributed by atoms with Crippen LogP contribution in [0.5, 0.6) is 0 Å². The van der Waals surface area contributed by atoms with Crippen LogP contribution in [-0.2, 0) is 4.74 Å². The van der Waals surface area contributed by atoms with Crippen LogP contribution in [0.25, 0.3) is 5.65 Å². The predicted octanol–water partition coefficient (Wildman–Crippen LogP) is 4.14. The van der Waals surface area contributed by atoms with E-state index in [-0.39, 0.29) is 46.3 Å². The summed E-state index contributed by atoms with van der Waals surface area (Å²) in [5.41, 5.74) is 8.13. The molecule has 1 saturated carbocycles. The van der Waals surface area contributed by atoms with Crippen molar-refractivity contribution in [2.45, 2.75) is 94.2 Å². The zero-order valence-corrected chi connectivity index (χ0v) is 27.8. The van der Waals surface area contributed by atoms with E-state index in [1.165, 1.54) is 49.2 Å². The van der Waals surface area contributed by atoms with Crippen molar-refractivity contribution in [3.63, 3.8) is 0 Å². The summed E-state index contributed by atoms with van der Waals surface area (Å²) in [6.07, 6.45) is 14.5. The minimum absolute atomic E-state index is 0.0196. The van der Waals surface area contributed by atoms with Gasteiger partial charge in [0.05, 0.1) is 37.7 Å². The number of fused-ring (bicyclic) bond motifs is 1. The van der Waals surface area contributed by atoms with Gasteiger partial charge in [-0.3, -0.25) is 14.5 Å². The number of amides is 2. The summed E-state index contributed by atoms with van der Waals surface area (Å²) in [6.45, 7) is 5.60. The fourth-order valence-corrected chi connectivity index (χ4v) is 8.43. The van der Waals surface area contributed by atoms with Gasteiger partial charge in [-0.05, 0) is 43.5 Å². The highest BCUT2D eigenvalue weighted by Gasteiger charge is 2.46. The Morgan fingerprint density at radius 3 is 2.27 bits per heavy atom. The summed E-state index contributed by atoms with van der Waals surface area (Å²) in [7, 11) is 0. The van der Waals surface area contributed by atoms with Crippen LogP contribution < -0.4 is 16.4 Å². The molecule has 3 aliphatic heterocycles. The second-order valence-electron chi connectivity index (χ2n) is 14.2. The Kier molecular flexibility index (Phi) is 9.93. The third-order valence-electron chi connectivity index (χ3n) is 11.2. The number of rotatable bonds is 5. The van der Waals surface area contributed by atoms with Crippen LogP contribution in [-0.4, -0.2) is 99.8 Å². The maximum atomic E-state index is 14.2. The van der Waals surface area contributed by atoms with Gasteiger partial charge in [0.25, 0.3) is 11.8 Å². The standard InChI is InChI=1S/C36H49FN8O3/c37-27-21-39-33-30(32(38)42-45(33)22-27)34(46)41-31-29(13-16-40-36(31)14-7-5-3-1-2-4-6-8-15-36)25-9-11-26(12-10-25)35(47)44-19-17-43(18-20-44)28-23-48-24-28/h9-12,21-22,28-29,31,40H,1-8,13-20,23-24H2,(H2,38,42)(H,41,46). The zero-order valence-electron chi connectivity index (χ0n) is 27.8. The highest BCUT2D eigenvalue weighted by atomic mass is 19.1. The Labute approximate surface area is 281 Å². The number of nitrogens with two attached hydrogens (primary N) is 1. The highest BCUT2D eigenvalue weighted by molar-refractivity contribution is 6.04. The Hall–Kier alpha value is -3.61. The number of hydrogen-bond donors (Lipinski definition) is 3. The van der Waals surface area contributed by atoms with Crippen molar-refractivity contribution in [3.8, 4) is 0 Å². The van der Waals surface area contributed by atoms with E-state index in [4.69, 9.17) is 10.5 Å². The molecule has 258 valence electrons. The van der Waals surface area contributed by atoms with Crippen molar-refractivity contribution >= 4 is 23.3 Å². The lowest BCUT2D eigenvalue weighted by Crippen LogP contribution is -2.66. The number of nitrogen functional groups attached to an aromatic ring is 1. The molecule has 48 heavy (non-hydrogen) atoms. The molecule has 7 rings (SSSR count). The number of aromatic nitrogens is 3. The van der Waals surface area contributed by atoms with Gasteiger partial charge >= 0.3 is 0 Å². The fraction of sp³-hybridized carbons (Fsp3) is 0.611. The maximum absolute atomic E-state index is 14.2. The number of piperidine rings is 1. The Morgan fingerprint density at radius 2 is 1.62 bits per heavy atom. The molecule has 0 bridgehead atoms. The van der Waals surface area contributed by atoms with E-state index in [9.17, 15) is 14.0 Å². The van der Waals surface area contributed by atoms with Gasteiger partial charge in [0, 0.05) is 43.2 Å². The van der Waals surface area contributed by atoms with Crippen LogP contribution >= 0.6 is 0 Å². The van der Waals surface area contributed by atoms with E-state index in [0.717, 1.165) is 89.8 Å². The number of anilines is 1. The van der Waals surface area contributed by atoms with Crippen molar-refractivity contribution < 1.29 is 18.7 Å². The molecule has 1 spiro atoms. The van der Waals surface area contributed by atoms with Gasteiger partial charge in [0.1, 0.15) is 5.56 Å². The average Bonchev–Trinajstić information content (AvgIpc) is 3.37. The van der Waals surface area contributed by atoms with Crippen LogP contribution in [0.2, 0.25) is 0 Å². The number of halogens is 1.